The van der Waals surface area contributed by atoms with E-state index in [0.29, 0.717) is 0 Å². The summed E-state index contributed by atoms with van der Waals surface area (Å²) in [6.45, 7) is 0. The molecule has 0 atom stereocenters. The molecular weight excluding hydrogens is 759 g/mol. The Bertz CT molecular complexity index is 3030. The smallest absolute Gasteiger partial charge is 0.0713 e. The standard InChI is InChI=1S/C62H45N/c1-7-21-46(22-8-1)47-35-40-55(41-36-47)63(54-31-17-6-18-32-54)56-42-37-52(38-43-56)61(48-23-9-2-10-24-48,49-25-11-3-12-26-49)53-39-44-60-58(45-53)57-33-19-20-34-59(57)62(60,50-27-13-4-14-28-50)51-29-15-5-16-30-51/h1-45H. The van der Waals surface area contributed by atoms with Gasteiger partial charge in [-0.25, -0.2) is 0 Å². The lowest BCUT2D eigenvalue weighted by molar-refractivity contribution is 0.739. The summed E-state index contributed by atoms with van der Waals surface area (Å²) in [6, 6.07) is 100. The maximum absolute atomic E-state index is 2.50. The minimum atomic E-state index is -0.648. The van der Waals surface area contributed by atoms with E-state index in [-0.39, 0.29) is 0 Å². The van der Waals surface area contributed by atoms with E-state index in [2.05, 4.69) is 278 Å². The second-order valence-electron chi connectivity index (χ2n) is 16.4. The van der Waals surface area contributed by atoms with Crippen LogP contribution in [0, 0.1) is 0 Å². The van der Waals surface area contributed by atoms with Crippen molar-refractivity contribution in [3.8, 4) is 22.3 Å². The molecule has 0 aliphatic heterocycles. The van der Waals surface area contributed by atoms with Crippen LogP contribution in [-0.4, -0.2) is 0 Å². The van der Waals surface area contributed by atoms with Gasteiger partial charge >= 0.3 is 0 Å². The molecule has 1 aliphatic rings. The Labute approximate surface area is 370 Å². The van der Waals surface area contributed by atoms with Crippen LogP contribution in [0.25, 0.3) is 22.3 Å². The number of hydrogen-bond acceptors (Lipinski definition) is 1. The van der Waals surface area contributed by atoms with Crippen LogP contribution in [0.4, 0.5) is 17.1 Å². The highest BCUT2D eigenvalue weighted by molar-refractivity contribution is 5.87. The van der Waals surface area contributed by atoms with Crippen molar-refractivity contribution in [1.29, 1.82) is 0 Å². The zero-order chi connectivity index (χ0) is 42.1. The van der Waals surface area contributed by atoms with Gasteiger partial charge in [0.05, 0.1) is 10.8 Å². The molecule has 1 heteroatoms. The first kappa shape index (κ1) is 38.0. The third-order valence-electron chi connectivity index (χ3n) is 13.1. The van der Waals surface area contributed by atoms with Crippen LogP contribution in [0.5, 0.6) is 0 Å². The molecule has 298 valence electrons. The average molecular weight is 804 g/mol. The van der Waals surface area contributed by atoms with Crippen molar-refractivity contribution < 1.29 is 0 Å². The van der Waals surface area contributed by atoms with Gasteiger partial charge in [0.2, 0.25) is 0 Å². The molecule has 0 saturated heterocycles. The molecular formula is C62H45N. The fourth-order valence-electron chi connectivity index (χ4n) is 10.4. The van der Waals surface area contributed by atoms with Crippen molar-refractivity contribution >= 4 is 17.1 Å². The van der Waals surface area contributed by atoms with Gasteiger partial charge in [-0.2, -0.15) is 0 Å². The van der Waals surface area contributed by atoms with Gasteiger partial charge in [-0.1, -0.05) is 231 Å². The predicted octanol–water partition coefficient (Wildman–Crippen LogP) is 15.6. The number of hydrogen-bond donors (Lipinski definition) is 0. The fraction of sp³-hybridized carbons (Fsp3) is 0.0323. The summed E-state index contributed by atoms with van der Waals surface area (Å²) in [5, 5.41) is 0. The van der Waals surface area contributed by atoms with Crippen LogP contribution in [0.2, 0.25) is 0 Å². The lowest BCUT2D eigenvalue weighted by Crippen LogP contribution is -2.32. The van der Waals surface area contributed by atoms with Gasteiger partial charge in [0.15, 0.2) is 0 Å². The number of rotatable bonds is 10. The Morgan fingerprint density at radius 1 is 0.270 bits per heavy atom. The molecule has 0 fully saturated rings. The van der Waals surface area contributed by atoms with E-state index in [1.807, 2.05) is 0 Å². The van der Waals surface area contributed by atoms with Gasteiger partial charge in [0, 0.05) is 17.1 Å². The van der Waals surface area contributed by atoms with Crippen LogP contribution in [0.15, 0.2) is 273 Å². The topological polar surface area (TPSA) is 3.24 Å². The summed E-state index contributed by atoms with van der Waals surface area (Å²) in [7, 11) is 0. The first-order valence-corrected chi connectivity index (χ1v) is 21.8. The molecule has 0 heterocycles. The molecule has 1 aliphatic carbocycles. The zero-order valence-corrected chi connectivity index (χ0v) is 34.9. The van der Waals surface area contributed by atoms with Crippen LogP contribution < -0.4 is 4.90 Å². The Balaban J connectivity index is 1.12. The van der Waals surface area contributed by atoms with Crippen molar-refractivity contribution in [1.82, 2.24) is 0 Å². The highest BCUT2D eigenvalue weighted by Crippen LogP contribution is 2.58. The van der Waals surface area contributed by atoms with Gasteiger partial charge in [0.1, 0.15) is 0 Å². The minimum Gasteiger partial charge on any atom is -0.311 e. The van der Waals surface area contributed by atoms with Crippen LogP contribution in [0.1, 0.15) is 44.5 Å². The lowest BCUT2D eigenvalue weighted by Gasteiger charge is -2.38. The Hall–Kier alpha value is -8.00. The van der Waals surface area contributed by atoms with E-state index in [0.717, 1.165) is 17.1 Å². The number of anilines is 3. The van der Waals surface area contributed by atoms with Crippen molar-refractivity contribution in [2.24, 2.45) is 0 Å². The summed E-state index contributed by atoms with van der Waals surface area (Å²) in [5.41, 5.74) is 17.1. The Morgan fingerprint density at radius 3 is 1.21 bits per heavy atom. The van der Waals surface area contributed by atoms with Crippen molar-refractivity contribution in [2.75, 3.05) is 4.90 Å². The Kier molecular flexibility index (Phi) is 9.71. The van der Waals surface area contributed by atoms with E-state index >= 15 is 0 Å². The third-order valence-corrected chi connectivity index (χ3v) is 13.1. The van der Waals surface area contributed by atoms with E-state index in [9.17, 15) is 0 Å². The van der Waals surface area contributed by atoms with E-state index in [1.165, 1.54) is 66.8 Å². The predicted molar refractivity (Wildman–Crippen MR) is 262 cm³/mol. The van der Waals surface area contributed by atoms with E-state index in [1.54, 1.807) is 0 Å². The first-order chi connectivity index (χ1) is 31.3. The normalized spacial score (nSPS) is 12.6. The summed E-state index contributed by atoms with van der Waals surface area (Å²) in [5.74, 6) is 0. The fourth-order valence-corrected chi connectivity index (χ4v) is 10.4. The van der Waals surface area contributed by atoms with Gasteiger partial charge in [-0.3, -0.25) is 0 Å². The minimum absolute atomic E-state index is 0.475. The molecule has 0 spiro atoms. The maximum Gasteiger partial charge on any atom is 0.0713 e. The first-order valence-electron chi connectivity index (χ1n) is 21.8. The number of nitrogens with zero attached hydrogens (tertiary/aromatic N) is 1. The monoisotopic (exact) mass is 803 g/mol. The molecule has 0 saturated carbocycles. The van der Waals surface area contributed by atoms with Crippen LogP contribution in [0.3, 0.4) is 0 Å². The van der Waals surface area contributed by atoms with Gasteiger partial charge < -0.3 is 4.90 Å². The Morgan fingerprint density at radius 2 is 0.651 bits per heavy atom. The average Bonchev–Trinajstić information content (AvgIpc) is 3.67. The van der Waals surface area contributed by atoms with Gasteiger partial charge in [-0.05, 0) is 109 Å². The molecule has 1 nitrogen and oxygen atoms in total. The third kappa shape index (κ3) is 6.32. The summed E-state index contributed by atoms with van der Waals surface area (Å²) in [4.78, 5) is 2.35. The van der Waals surface area contributed by atoms with Gasteiger partial charge in [-0.15, -0.1) is 0 Å². The molecule has 0 aromatic heterocycles. The molecule has 0 amide bonds. The van der Waals surface area contributed by atoms with E-state index < -0.39 is 10.8 Å². The molecule has 0 unspecified atom stereocenters. The van der Waals surface area contributed by atoms with Crippen LogP contribution in [-0.2, 0) is 10.8 Å². The van der Waals surface area contributed by atoms with Gasteiger partial charge in [0.25, 0.3) is 0 Å². The zero-order valence-electron chi connectivity index (χ0n) is 34.9. The second-order valence-corrected chi connectivity index (χ2v) is 16.4. The molecule has 10 aromatic carbocycles. The van der Waals surface area contributed by atoms with E-state index in [4.69, 9.17) is 0 Å². The highest BCUT2D eigenvalue weighted by atomic mass is 15.1. The number of benzene rings is 10. The van der Waals surface area contributed by atoms with Crippen molar-refractivity contribution in [2.45, 2.75) is 10.8 Å². The molecule has 0 radical (unpaired) electrons. The largest absolute Gasteiger partial charge is 0.311 e. The molecule has 10 aromatic rings. The molecule has 11 rings (SSSR count). The van der Waals surface area contributed by atoms with Crippen molar-refractivity contribution in [3.63, 3.8) is 0 Å². The summed E-state index contributed by atoms with van der Waals surface area (Å²) in [6.07, 6.45) is 0. The lowest BCUT2D eigenvalue weighted by atomic mass is 9.64. The summed E-state index contributed by atoms with van der Waals surface area (Å²) >= 11 is 0. The summed E-state index contributed by atoms with van der Waals surface area (Å²) < 4.78 is 0. The molecule has 0 N–H and O–H groups in total. The second kappa shape index (κ2) is 16.1. The molecule has 63 heavy (non-hydrogen) atoms. The highest BCUT2D eigenvalue weighted by Gasteiger charge is 2.47. The quantitative estimate of drug-likeness (QED) is 0.125. The van der Waals surface area contributed by atoms with Crippen molar-refractivity contribution in [3.05, 3.63) is 317 Å². The molecule has 0 bridgehead atoms. The maximum atomic E-state index is 2.50. The number of fused-ring (bicyclic) bond motifs is 3. The number of para-hydroxylation sites is 1. The SMILES string of the molecule is c1ccc(-c2ccc(N(c3ccccc3)c3ccc(C(c4ccccc4)(c4ccccc4)c4ccc5c(c4)-c4ccccc4C5(c4ccccc4)c4ccccc4)cc3)cc2)cc1. The van der Waals surface area contributed by atoms with Crippen LogP contribution >= 0.6 is 0 Å².